The normalized spacial score (nSPS) is 10.7. The van der Waals surface area contributed by atoms with E-state index in [0.29, 0.717) is 34.4 Å². The molecule has 0 aliphatic rings. The number of nitrogens with one attached hydrogen (secondary N) is 1. The number of carbonyl (C=O) groups excluding carboxylic acids is 2. The van der Waals surface area contributed by atoms with Crippen LogP contribution in [0.25, 0.3) is 11.1 Å². The number of ether oxygens (including phenoxy) is 2. The summed E-state index contributed by atoms with van der Waals surface area (Å²) in [6, 6.07) is 15.1. The largest absolute Gasteiger partial charge is 0.494 e. The Balaban J connectivity index is 1.94. The zero-order chi connectivity index (χ0) is 22.4. The lowest BCUT2D eigenvalue weighted by Gasteiger charge is -2.10. The van der Waals surface area contributed by atoms with E-state index in [1.54, 1.807) is 31.2 Å². The molecule has 0 fully saturated rings. The summed E-state index contributed by atoms with van der Waals surface area (Å²) in [5.74, 6) is 0.280. The van der Waals surface area contributed by atoms with Crippen LogP contribution in [0, 0.1) is 0 Å². The molecule has 3 rings (SSSR count). The summed E-state index contributed by atoms with van der Waals surface area (Å²) in [5.41, 5.74) is 3.70. The van der Waals surface area contributed by atoms with Crippen LogP contribution in [0.1, 0.15) is 59.9 Å². The van der Waals surface area contributed by atoms with Gasteiger partial charge in [-0.05, 0) is 49.1 Å². The molecule has 1 aromatic heterocycles. The van der Waals surface area contributed by atoms with Gasteiger partial charge in [-0.1, -0.05) is 44.2 Å². The number of hydrogen-bond acceptors (Lipinski definition) is 5. The first-order chi connectivity index (χ1) is 14.9. The topological polar surface area (TPSA) is 64.6 Å². The molecule has 0 atom stereocenters. The fraction of sp³-hybridized carbons (Fsp3) is 0.280. The zero-order valence-electron chi connectivity index (χ0n) is 18.2. The van der Waals surface area contributed by atoms with Crippen molar-refractivity contribution in [3.63, 3.8) is 0 Å². The molecule has 3 aromatic rings. The molecular formula is C25H27NO4S. The van der Waals surface area contributed by atoms with Crippen molar-refractivity contribution in [2.75, 3.05) is 18.5 Å². The minimum Gasteiger partial charge on any atom is -0.494 e. The monoisotopic (exact) mass is 437 g/mol. The fourth-order valence-electron chi connectivity index (χ4n) is 3.18. The molecule has 1 N–H and O–H groups in total. The highest BCUT2D eigenvalue weighted by atomic mass is 32.1. The van der Waals surface area contributed by atoms with Crippen LogP contribution in [0.15, 0.2) is 53.9 Å². The van der Waals surface area contributed by atoms with Gasteiger partial charge in [-0.3, -0.25) is 4.79 Å². The summed E-state index contributed by atoms with van der Waals surface area (Å²) in [6.07, 6.45) is 0. The number of rotatable bonds is 8. The molecule has 5 nitrogen and oxygen atoms in total. The van der Waals surface area contributed by atoms with Gasteiger partial charge in [0.25, 0.3) is 5.91 Å². The Hall–Kier alpha value is -3.12. The first kappa shape index (κ1) is 22.6. The average Bonchev–Trinajstić information content (AvgIpc) is 3.18. The van der Waals surface area contributed by atoms with E-state index in [1.165, 1.54) is 16.9 Å². The van der Waals surface area contributed by atoms with E-state index in [1.807, 2.05) is 24.4 Å². The molecule has 0 saturated heterocycles. The lowest BCUT2D eigenvalue weighted by Crippen LogP contribution is -2.15. The molecular weight excluding hydrogens is 410 g/mol. The van der Waals surface area contributed by atoms with E-state index in [-0.39, 0.29) is 12.5 Å². The van der Waals surface area contributed by atoms with Gasteiger partial charge in [0.1, 0.15) is 16.3 Å². The number of thiophene rings is 1. The molecule has 0 bridgehead atoms. The Morgan fingerprint density at radius 1 is 1.03 bits per heavy atom. The number of hydrogen-bond donors (Lipinski definition) is 1. The predicted molar refractivity (Wildman–Crippen MR) is 125 cm³/mol. The highest BCUT2D eigenvalue weighted by molar-refractivity contribution is 7.15. The first-order valence-corrected chi connectivity index (χ1v) is 11.3. The lowest BCUT2D eigenvalue weighted by atomic mass is 9.98. The summed E-state index contributed by atoms with van der Waals surface area (Å²) < 4.78 is 10.8. The minimum atomic E-state index is -0.454. The van der Waals surface area contributed by atoms with Crippen LogP contribution in [0.5, 0.6) is 5.75 Å². The fourth-order valence-corrected chi connectivity index (χ4v) is 4.14. The molecule has 0 aliphatic carbocycles. The summed E-state index contributed by atoms with van der Waals surface area (Å²) in [5, 5.41) is 5.22. The molecule has 0 saturated carbocycles. The molecule has 1 amide bonds. The molecule has 1 heterocycles. The Bertz CT molecular complexity index is 1050. The van der Waals surface area contributed by atoms with Crippen LogP contribution in [0.3, 0.4) is 0 Å². The van der Waals surface area contributed by atoms with Crippen molar-refractivity contribution in [2.24, 2.45) is 0 Å². The molecule has 0 radical (unpaired) electrons. The number of carbonyl (C=O) groups is 2. The first-order valence-electron chi connectivity index (χ1n) is 10.4. The van der Waals surface area contributed by atoms with Crippen molar-refractivity contribution in [1.29, 1.82) is 0 Å². The number of amides is 1. The maximum absolute atomic E-state index is 12.9. The van der Waals surface area contributed by atoms with Gasteiger partial charge in [-0.15, -0.1) is 11.3 Å². The van der Waals surface area contributed by atoms with Gasteiger partial charge in [0, 0.05) is 16.5 Å². The van der Waals surface area contributed by atoms with Gasteiger partial charge in [-0.2, -0.15) is 0 Å². The molecule has 0 unspecified atom stereocenters. The maximum atomic E-state index is 12.9. The van der Waals surface area contributed by atoms with Crippen LogP contribution in [-0.2, 0) is 4.74 Å². The van der Waals surface area contributed by atoms with Crippen LogP contribution in [0.2, 0.25) is 0 Å². The van der Waals surface area contributed by atoms with Gasteiger partial charge in [-0.25, -0.2) is 4.79 Å². The Labute approximate surface area is 187 Å². The lowest BCUT2D eigenvalue weighted by molar-refractivity contribution is 0.0529. The summed E-state index contributed by atoms with van der Waals surface area (Å²) in [6.45, 7) is 8.69. The third kappa shape index (κ3) is 5.33. The Morgan fingerprint density at radius 2 is 1.77 bits per heavy atom. The van der Waals surface area contributed by atoms with E-state index in [0.717, 1.165) is 11.1 Å². The van der Waals surface area contributed by atoms with Crippen LogP contribution >= 0.6 is 11.3 Å². The molecule has 31 heavy (non-hydrogen) atoms. The molecule has 162 valence electrons. The third-order valence-corrected chi connectivity index (χ3v) is 5.69. The number of anilines is 1. The van der Waals surface area contributed by atoms with E-state index >= 15 is 0 Å². The summed E-state index contributed by atoms with van der Waals surface area (Å²) in [7, 11) is 0. The van der Waals surface area contributed by atoms with Crippen LogP contribution in [-0.4, -0.2) is 25.1 Å². The highest BCUT2D eigenvalue weighted by Gasteiger charge is 2.23. The SMILES string of the molecule is CCOC(=O)c1c(-c2ccc(C(C)C)cc2)csc1NC(=O)c1cccc(OCC)c1. The maximum Gasteiger partial charge on any atom is 0.341 e. The molecule has 2 aromatic carbocycles. The summed E-state index contributed by atoms with van der Waals surface area (Å²) >= 11 is 1.31. The van der Waals surface area contributed by atoms with Gasteiger partial charge >= 0.3 is 5.97 Å². The van der Waals surface area contributed by atoms with Gasteiger partial charge in [0.2, 0.25) is 0 Å². The third-order valence-electron chi connectivity index (χ3n) is 4.79. The second kappa shape index (κ2) is 10.3. The van der Waals surface area contributed by atoms with Crippen molar-refractivity contribution >= 4 is 28.2 Å². The van der Waals surface area contributed by atoms with Crippen molar-refractivity contribution in [3.05, 3.63) is 70.6 Å². The van der Waals surface area contributed by atoms with Crippen LogP contribution < -0.4 is 10.1 Å². The van der Waals surface area contributed by atoms with E-state index in [4.69, 9.17) is 9.47 Å². The van der Waals surface area contributed by atoms with Crippen molar-refractivity contribution < 1.29 is 19.1 Å². The van der Waals surface area contributed by atoms with E-state index < -0.39 is 5.97 Å². The van der Waals surface area contributed by atoms with Crippen molar-refractivity contribution in [1.82, 2.24) is 0 Å². The van der Waals surface area contributed by atoms with Gasteiger partial charge in [0.15, 0.2) is 0 Å². The Kier molecular flexibility index (Phi) is 7.47. The van der Waals surface area contributed by atoms with Gasteiger partial charge < -0.3 is 14.8 Å². The quantitative estimate of drug-likeness (QED) is 0.416. The van der Waals surface area contributed by atoms with E-state index in [9.17, 15) is 9.59 Å². The second-order valence-electron chi connectivity index (χ2n) is 7.27. The molecule has 6 heteroatoms. The second-order valence-corrected chi connectivity index (χ2v) is 8.15. The van der Waals surface area contributed by atoms with E-state index in [2.05, 4.69) is 31.3 Å². The van der Waals surface area contributed by atoms with Crippen molar-refractivity contribution in [2.45, 2.75) is 33.6 Å². The molecule has 0 spiro atoms. The van der Waals surface area contributed by atoms with Gasteiger partial charge in [0.05, 0.1) is 13.2 Å². The van der Waals surface area contributed by atoms with Crippen molar-refractivity contribution in [3.8, 4) is 16.9 Å². The predicted octanol–water partition coefficient (Wildman–Crippen LogP) is 6.37. The smallest absolute Gasteiger partial charge is 0.341 e. The number of benzene rings is 2. The highest BCUT2D eigenvalue weighted by Crippen LogP contribution is 2.37. The summed E-state index contributed by atoms with van der Waals surface area (Å²) in [4.78, 5) is 25.6. The molecule has 0 aliphatic heterocycles. The minimum absolute atomic E-state index is 0.254. The van der Waals surface area contributed by atoms with Crippen LogP contribution in [0.4, 0.5) is 5.00 Å². The average molecular weight is 438 g/mol. The number of esters is 1. The standard InChI is InChI=1S/C25H27NO4S/c1-5-29-20-9-7-8-19(14-20)23(27)26-24-22(25(28)30-6-2)21(15-31-24)18-12-10-17(11-13-18)16(3)4/h7-16H,5-6H2,1-4H3,(H,26,27). The zero-order valence-corrected chi connectivity index (χ0v) is 19.0. The Morgan fingerprint density at radius 3 is 2.42 bits per heavy atom.